The van der Waals surface area contributed by atoms with Gasteiger partial charge in [0.2, 0.25) is 5.91 Å². The molecule has 1 aromatic heterocycles. The van der Waals surface area contributed by atoms with E-state index in [2.05, 4.69) is 10.3 Å². The Morgan fingerprint density at radius 2 is 2.37 bits per heavy atom. The van der Waals surface area contributed by atoms with Crippen LogP contribution in [0.1, 0.15) is 18.2 Å². The van der Waals surface area contributed by atoms with Gasteiger partial charge < -0.3 is 10.4 Å². The lowest BCUT2D eigenvalue weighted by Crippen LogP contribution is -2.41. The molecule has 0 unspecified atom stereocenters. The van der Waals surface area contributed by atoms with Gasteiger partial charge >= 0.3 is 5.97 Å². The summed E-state index contributed by atoms with van der Waals surface area (Å²) in [7, 11) is 0. The lowest BCUT2D eigenvalue weighted by atomic mass is 10.2. The first-order chi connectivity index (χ1) is 9.02. The molecule has 6 nitrogen and oxygen atoms in total. The largest absolute Gasteiger partial charge is 0.480 e. The number of rotatable bonds is 6. The Labute approximate surface area is 114 Å². The van der Waals surface area contributed by atoms with E-state index < -0.39 is 12.0 Å². The van der Waals surface area contributed by atoms with E-state index in [9.17, 15) is 9.59 Å². The van der Waals surface area contributed by atoms with Crippen molar-refractivity contribution in [2.24, 2.45) is 0 Å². The molecular weight excluding hydrogens is 266 g/mol. The van der Waals surface area contributed by atoms with Crippen molar-refractivity contribution in [3.8, 4) is 6.07 Å². The van der Waals surface area contributed by atoms with Crippen molar-refractivity contribution in [2.45, 2.75) is 18.7 Å². The summed E-state index contributed by atoms with van der Waals surface area (Å²) < 4.78 is 0. The van der Waals surface area contributed by atoms with Crippen molar-refractivity contribution in [3.63, 3.8) is 0 Å². The minimum absolute atomic E-state index is 0.263. The Balaban J connectivity index is 2.49. The summed E-state index contributed by atoms with van der Waals surface area (Å²) >= 11 is 1.37. The Kier molecular flexibility index (Phi) is 5.82. The first-order valence-corrected chi connectivity index (χ1v) is 6.61. The van der Waals surface area contributed by atoms with Crippen LogP contribution in [0.15, 0.2) is 18.3 Å². The number of thioether (sulfide) groups is 1. The van der Waals surface area contributed by atoms with Crippen LogP contribution in [0.25, 0.3) is 0 Å². The summed E-state index contributed by atoms with van der Waals surface area (Å²) in [5.41, 5.74) is 1.22. The second-order valence-corrected chi connectivity index (χ2v) is 4.80. The lowest BCUT2D eigenvalue weighted by molar-refractivity contribution is -0.140. The second-order valence-electron chi connectivity index (χ2n) is 3.77. The number of hydrogen-bond acceptors (Lipinski definition) is 5. The standard InChI is InChI=1S/C12H13N3O3S/c1-8(16)15-11(12(17)18)7-19-6-9-2-3-14-10(4-9)5-13/h2-4,11H,6-7H2,1H3,(H,15,16)(H,17,18)/t11-/m0/s1. The number of aromatic nitrogens is 1. The quantitative estimate of drug-likeness (QED) is 0.797. The molecule has 0 aliphatic carbocycles. The van der Waals surface area contributed by atoms with Gasteiger partial charge in [-0.15, -0.1) is 0 Å². The Hall–Kier alpha value is -2.07. The Morgan fingerprint density at radius 1 is 1.63 bits per heavy atom. The van der Waals surface area contributed by atoms with E-state index in [0.717, 1.165) is 5.56 Å². The molecule has 100 valence electrons. The second kappa shape index (κ2) is 7.38. The fourth-order valence-electron chi connectivity index (χ4n) is 1.34. The number of hydrogen-bond donors (Lipinski definition) is 2. The van der Waals surface area contributed by atoms with Gasteiger partial charge in [0, 0.05) is 24.6 Å². The molecule has 1 aromatic rings. The van der Waals surface area contributed by atoms with E-state index in [-0.39, 0.29) is 11.7 Å². The number of carbonyl (C=O) groups excluding carboxylic acids is 1. The van der Waals surface area contributed by atoms with Crippen LogP contribution in [-0.2, 0) is 15.3 Å². The maximum absolute atomic E-state index is 10.9. The summed E-state index contributed by atoms with van der Waals surface area (Å²) in [6.07, 6.45) is 1.54. The predicted octanol–water partition coefficient (Wildman–Crippen LogP) is 0.776. The SMILES string of the molecule is CC(=O)N[C@@H](CSCc1ccnc(C#N)c1)C(=O)O. The number of carboxylic acid groups (broad SMARTS) is 1. The van der Waals surface area contributed by atoms with Crippen molar-refractivity contribution >= 4 is 23.6 Å². The average Bonchev–Trinajstić information content (AvgIpc) is 2.37. The first kappa shape index (κ1) is 15.0. The van der Waals surface area contributed by atoms with Crippen LogP contribution >= 0.6 is 11.8 Å². The van der Waals surface area contributed by atoms with E-state index in [4.69, 9.17) is 10.4 Å². The van der Waals surface area contributed by atoms with Crippen molar-refractivity contribution < 1.29 is 14.7 Å². The number of carboxylic acids is 1. The van der Waals surface area contributed by atoms with E-state index >= 15 is 0 Å². The van der Waals surface area contributed by atoms with Crippen LogP contribution in [0.5, 0.6) is 0 Å². The van der Waals surface area contributed by atoms with Crippen LogP contribution in [0.3, 0.4) is 0 Å². The van der Waals surface area contributed by atoms with Gasteiger partial charge in [0.05, 0.1) is 0 Å². The molecule has 0 aromatic carbocycles. The van der Waals surface area contributed by atoms with Gasteiger partial charge in [0.25, 0.3) is 0 Å². The highest BCUT2D eigenvalue weighted by Gasteiger charge is 2.17. The topological polar surface area (TPSA) is 103 Å². The predicted molar refractivity (Wildman–Crippen MR) is 70.4 cm³/mol. The first-order valence-electron chi connectivity index (χ1n) is 5.45. The number of amides is 1. The molecule has 1 amide bonds. The molecule has 1 rings (SSSR count). The third-order valence-corrected chi connectivity index (χ3v) is 3.27. The molecular formula is C12H13N3O3S. The maximum atomic E-state index is 10.9. The van der Waals surface area contributed by atoms with Crippen LogP contribution in [0.4, 0.5) is 0 Å². The molecule has 19 heavy (non-hydrogen) atoms. The molecule has 0 fully saturated rings. The van der Waals surface area contributed by atoms with Gasteiger partial charge in [-0.1, -0.05) is 0 Å². The molecule has 1 heterocycles. The summed E-state index contributed by atoms with van der Waals surface area (Å²) in [6, 6.07) is 4.46. The normalized spacial score (nSPS) is 11.4. The lowest BCUT2D eigenvalue weighted by Gasteiger charge is -2.12. The molecule has 0 saturated heterocycles. The third-order valence-electron chi connectivity index (χ3n) is 2.17. The fourth-order valence-corrected chi connectivity index (χ4v) is 2.33. The summed E-state index contributed by atoms with van der Waals surface area (Å²) in [4.78, 5) is 25.6. The van der Waals surface area contributed by atoms with Gasteiger partial charge in [0.15, 0.2) is 0 Å². The van der Waals surface area contributed by atoms with Crippen LogP contribution in [0.2, 0.25) is 0 Å². The molecule has 7 heteroatoms. The van der Waals surface area contributed by atoms with Gasteiger partial charge in [0.1, 0.15) is 17.8 Å². The maximum Gasteiger partial charge on any atom is 0.327 e. The average molecular weight is 279 g/mol. The summed E-state index contributed by atoms with van der Waals surface area (Å²) in [5, 5.41) is 20.0. The molecule has 0 radical (unpaired) electrons. The number of carbonyl (C=O) groups is 2. The molecule has 0 aliphatic heterocycles. The fraction of sp³-hybridized carbons (Fsp3) is 0.333. The highest BCUT2D eigenvalue weighted by Crippen LogP contribution is 2.13. The van der Waals surface area contributed by atoms with Crippen molar-refractivity contribution in [2.75, 3.05) is 5.75 Å². The molecule has 1 atom stereocenters. The van der Waals surface area contributed by atoms with E-state index in [1.165, 1.54) is 24.9 Å². The smallest absolute Gasteiger partial charge is 0.327 e. The molecule has 0 saturated carbocycles. The zero-order chi connectivity index (χ0) is 14.3. The van der Waals surface area contributed by atoms with Crippen molar-refractivity contribution in [3.05, 3.63) is 29.6 Å². The van der Waals surface area contributed by atoms with Crippen LogP contribution in [-0.4, -0.2) is 33.8 Å². The molecule has 0 aliphatic rings. The van der Waals surface area contributed by atoms with E-state index in [0.29, 0.717) is 11.4 Å². The minimum atomic E-state index is -1.06. The number of aliphatic carboxylic acids is 1. The zero-order valence-electron chi connectivity index (χ0n) is 10.3. The Bertz CT molecular complexity index is 513. The van der Waals surface area contributed by atoms with Crippen LogP contribution in [0, 0.1) is 11.3 Å². The summed E-state index contributed by atoms with van der Waals surface area (Å²) in [5.74, 6) is -0.613. The number of pyridine rings is 1. The number of nitrogens with zero attached hydrogens (tertiary/aromatic N) is 2. The third kappa shape index (κ3) is 5.40. The van der Waals surface area contributed by atoms with Gasteiger partial charge in [-0.2, -0.15) is 17.0 Å². The highest BCUT2D eigenvalue weighted by atomic mass is 32.2. The highest BCUT2D eigenvalue weighted by molar-refractivity contribution is 7.98. The van der Waals surface area contributed by atoms with Gasteiger partial charge in [-0.05, 0) is 17.7 Å². The van der Waals surface area contributed by atoms with E-state index in [1.54, 1.807) is 12.1 Å². The van der Waals surface area contributed by atoms with Crippen molar-refractivity contribution in [1.29, 1.82) is 5.26 Å². The van der Waals surface area contributed by atoms with Crippen LogP contribution < -0.4 is 5.32 Å². The zero-order valence-corrected chi connectivity index (χ0v) is 11.1. The molecule has 2 N–H and O–H groups in total. The van der Waals surface area contributed by atoms with E-state index in [1.807, 2.05) is 6.07 Å². The number of nitrogens with one attached hydrogen (secondary N) is 1. The Morgan fingerprint density at radius 3 is 2.95 bits per heavy atom. The summed E-state index contributed by atoms with van der Waals surface area (Å²) in [6.45, 7) is 1.28. The molecule has 0 bridgehead atoms. The van der Waals surface area contributed by atoms with Gasteiger partial charge in [-0.3, -0.25) is 4.79 Å². The van der Waals surface area contributed by atoms with Crippen molar-refractivity contribution in [1.82, 2.24) is 10.3 Å². The molecule has 0 spiro atoms. The minimum Gasteiger partial charge on any atom is -0.480 e. The number of nitriles is 1. The monoisotopic (exact) mass is 279 g/mol. The van der Waals surface area contributed by atoms with Gasteiger partial charge in [-0.25, -0.2) is 9.78 Å².